The Morgan fingerprint density at radius 1 is 0.742 bits per heavy atom. The number of carbonyl (C=O) groups is 1. The zero-order chi connectivity index (χ0) is 44.0. The van der Waals surface area contributed by atoms with Crippen molar-refractivity contribution in [2.75, 3.05) is 34.4 Å². The number of benzene rings is 5. The first kappa shape index (κ1) is 44.3. The molecule has 0 atom stereocenters. The van der Waals surface area contributed by atoms with E-state index in [-0.39, 0.29) is 42.4 Å². The molecule has 1 fully saturated rings. The number of rotatable bonds is 14. The summed E-state index contributed by atoms with van der Waals surface area (Å²) in [5.74, 6) is 2.56. The van der Waals surface area contributed by atoms with Crippen molar-refractivity contribution in [1.82, 2.24) is 29.4 Å². The van der Waals surface area contributed by atoms with Gasteiger partial charge in [0.15, 0.2) is 5.82 Å². The van der Waals surface area contributed by atoms with Crippen LogP contribution in [0.25, 0.3) is 22.5 Å². The van der Waals surface area contributed by atoms with Crippen LogP contribution in [-0.2, 0) is 34.4 Å². The molecule has 0 radical (unpaired) electrons. The molecule has 62 heavy (non-hydrogen) atoms. The molecule has 2 heterocycles. The van der Waals surface area contributed by atoms with Gasteiger partial charge >= 0.3 is 6.09 Å². The van der Waals surface area contributed by atoms with Crippen molar-refractivity contribution >= 4 is 32.0 Å². The average molecular weight is 924 g/mol. The fourth-order valence-electron chi connectivity index (χ4n) is 7.55. The molecule has 13 nitrogen and oxygen atoms in total. The molecule has 324 valence electrons. The second kappa shape index (κ2) is 19.1. The molecular weight excluding hydrogens is 873 g/mol. The molecule has 0 unspecified atom stereocenters. The molecule has 1 saturated heterocycles. The highest BCUT2D eigenvalue weighted by atomic mass is 79.9. The third kappa shape index (κ3) is 10.3. The number of nitrogens with zero attached hydrogens (tertiary/aromatic N) is 6. The minimum Gasteiger partial charge on any atom is -0.497 e. The van der Waals surface area contributed by atoms with Crippen molar-refractivity contribution in [1.29, 1.82) is 0 Å². The fourth-order valence-corrected chi connectivity index (χ4v) is 10.2. The molecule has 1 aromatic heterocycles. The van der Waals surface area contributed by atoms with Crippen LogP contribution in [0.3, 0.4) is 0 Å². The number of hydrogen-bond donors (Lipinski definition) is 0. The number of methoxy groups -OCH3 is 3. The summed E-state index contributed by atoms with van der Waals surface area (Å²) in [5.41, 5.74) is 4.79. The number of ether oxygens (including phenoxy) is 4. The predicted octanol–water partition coefficient (Wildman–Crippen LogP) is 9.35. The van der Waals surface area contributed by atoms with Gasteiger partial charge in [-0.25, -0.2) is 17.9 Å². The average Bonchev–Trinajstić information content (AvgIpc) is 3.73. The zero-order valence-corrected chi connectivity index (χ0v) is 38.1. The lowest BCUT2D eigenvalue weighted by atomic mass is 9.88. The molecule has 6 aromatic rings. The van der Waals surface area contributed by atoms with Gasteiger partial charge in [-0.3, -0.25) is 0 Å². The Labute approximate surface area is 371 Å². The van der Waals surface area contributed by atoms with Crippen LogP contribution in [0.5, 0.6) is 17.2 Å². The minimum atomic E-state index is -4.34. The molecule has 5 aromatic carbocycles. The van der Waals surface area contributed by atoms with Gasteiger partial charge < -0.3 is 23.8 Å². The Kier molecular flexibility index (Phi) is 13.6. The fraction of sp³-hybridized carbons (Fsp3) is 0.319. The monoisotopic (exact) mass is 922 g/mol. The summed E-state index contributed by atoms with van der Waals surface area (Å²) in [6.07, 6.45) is 1.30. The molecule has 0 aliphatic carbocycles. The summed E-state index contributed by atoms with van der Waals surface area (Å²) in [6, 6.07) is 34.1. The number of tetrazole rings is 1. The normalized spacial score (nSPS) is 13.6. The molecule has 1 amide bonds. The van der Waals surface area contributed by atoms with Crippen molar-refractivity contribution in [3.8, 4) is 39.8 Å². The highest BCUT2D eigenvalue weighted by Gasteiger charge is 2.34. The van der Waals surface area contributed by atoms with Crippen molar-refractivity contribution in [2.24, 2.45) is 0 Å². The molecule has 1 aliphatic rings. The van der Waals surface area contributed by atoms with Gasteiger partial charge in [-0.1, -0.05) is 66.7 Å². The van der Waals surface area contributed by atoms with E-state index in [9.17, 15) is 4.79 Å². The molecule has 1 aliphatic heterocycles. The first-order valence-electron chi connectivity index (χ1n) is 20.3. The SMILES string of the molecule is COc1ccc(CN(Cc2ccc(OC)cc2)S(=O)(=O)c2c(Br)ccc(-c3ccc(C4CCN(C(=O)OC(C)(C)C)CC4)cc3)c2-c2nnnn2Cc2ccc(OC)cc2)cc1. The van der Waals surface area contributed by atoms with Crippen LogP contribution >= 0.6 is 15.9 Å². The van der Waals surface area contributed by atoms with Crippen LogP contribution in [0.15, 0.2) is 119 Å². The quantitative estimate of drug-likeness (QED) is 0.104. The van der Waals surface area contributed by atoms with Gasteiger partial charge in [0.1, 0.15) is 27.7 Å². The zero-order valence-electron chi connectivity index (χ0n) is 35.7. The van der Waals surface area contributed by atoms with E-state index in [2.05, 4.69) is 43.6 Å². The van der Waals surface area contributed by atoms with Gasteiger partial charge in [0, 0.05) is 36.2 Å². The second-order valence-corrected chi connectivity index (χ2v) is 18.9. The molecule has 0 saturated carbocycles. The molecule has 0 spiro atoms. The predicted molar refractivity (Wildman–Crippen MR) is 241 cm³/mol. The maximum Gasteiger partial charge on any atom is 0.410 e. The van der Waals surface area contributed by atoms with Crippen LogP contribution < -0.4 is 14.2 Å². The maximum atomic E-state index is 15.6. The van der Waals surface area contributed by atoms with E-state index in [0.29, 0.717) is 45.9 Å². The second-order valence-electron chi connectivity index (χ2n) is 16.1. The summed E-state index contributed by atoms with van der Waals surface area (Å²) in [6.45, 7) is 7.20. The molecule has 7 rings (SSSR count). The standard InChI is InChI=1S/C47H51BrN6O7S/c1-47(2,3)61-46(55)52-27-25-36(26-28-52)35-13-15-37(16-14-35)41-23-24-42(48)44(43(41)45-49-50-51-54(45)31-34-11-21-40(60-6)22-12-34)62(56,57)53(29-32-7-17-38(58-4)18-8-32)30-33-9-19-39(59-5)20-10-33/h7-24,36H,25-31H2,1-6H3. The van der Waals surface area contributed by atoms with E-state index in [4.69, 9.17) is 18.9 Å². The topological polar surface area (TPSA) is 138 Å². The Bertz CT molecular complexity index is 2520. The summed E-state index contributed by atoms with van der Waals surface area (Å²) in [7, 11) is 0.456. The lowest BCUT2D eigenvalue weighted by Gasteiger charge is -2.33. The Morgan fingerprint density at radius 2 is 1.26 bits per heavy atom. The number of carbonyl (C=O) groups excluding carboxylic acids is 1. The van der Waals surface area contributed by atoms with E-state index in [1.165, 1.54) is 4.31 Å². The van der Waals surface area contributed by atoms with Crippen LogP contribution in [0, 0.1) is 0 Å². The highest BCUT2D eigenvalue weighted by molar-refractivity contribution is 9.10. The summed E-state index contributed by atoms with van der Waals surface area (Å²) in [4.78, 5) is 14.6. The van der Waals surface area contributed by atoms with Crippen molar-refractivity contribution in [3.05, 3.63) is 136 Å². The van der Waals surface area contributed by atoms with E-state index < -0.39 is 15.6 Å². The van der Waals surface area contributed by atoms with Crippen LogP contribution in [0.4, 0.5) is 4.79 Å². The van der Waals surface area contributed by atoms with Crippen molar-refractivity contribution < 1.29 is 32.2 Å². The van der Waals surface area contributed by atoms with Crippen molar-refractivity contribution in [2.45, 2.75) is 69.7 Å². The number of likely N-dealkylation sites (tertiary alicyclic amines) is 1. The van der Waals surface area contributed by atoms with Gasteiger partial charge in [0.25, 0.3) is 0 Å². The smallest absolute Gasteiger partial charge is 0.410 e. The Morgan fingerprint density at radius 3 is 1.76 bits per heavy atom. The third-order valence-corrected chi connectivity index (χ3v) is 13.6. The summed E-state index contributed by atoms with van der Waals surface area (Å²) in [5, 5.41) is 13.0. The van der Waals surface area contributed by atoms with E-state index in [1.807, 2.05) is 112 Å². The molecule has 0 bridgehead atoms. The van der Waals surface area contributed by atoms with Crippen LogP contribution in [0.1, 0.15) is 61.8 Å². The number of halogens is 1. The van der Waals surface area contributed by atoms with Gasteiger partial charge in [-0.15, -0.1) is 5.10 Å². The molecule has 0 N–H and O–H groups in total. The third-order valence-electron chi connectivity index (χ3n) is 10.8. The largest absolute Gasteiger partial charge is 0.497 e. The minimum absolute atomic E-state index is 0.0291. The Balaban J connectivity index is 1.31. The van der Waals surface area contributed by atoms with Gasteiger partial charge in [0.2, 0.25) is 10.0 Å². The number of hydrogen-bond acceptors (Lipinski definition) is 10. The number of amides is 1. The Hall–Kier alpha value is -5.77. The molecule has 15 heteroatoms. The number of piperidine rings is 1. The lowest BCUT2D eigenvalue weighted by molar-refractivity contribution is 0.0204. The van der Waals surface area contributed by atoms with Gasteiger partial charge in [0.05, 0.1) is 27.9 Å². The number of aromatic nitrogens is 4. The summed E-state index contributed by atoms with van der Waals surface area (Å²) >= 11 is 3.69. The van der Waals surface area contributed by atoms with E-state index in [1.54, 1.807) is 37.0 Å². The van der Waals surface area contributed by atoms with Gasteiger partial charge in [-0.2, -0.15) is 4.31 Å². The van der Waals surface area contributed by atoms with Gasteiger partial charge in [-0.05, 0) is 142 Å². The molecular formula is C47H51BrN6O7S. The lowest BCUT2D eigenvalue weighted by Crippen LogP contribution is -2.41. The maximum absolute atomic E-state index is 15.6. The van der Waals surface area contributed by atoms with E-state index >= 15 is 8.42 Å². The van der Waals surface area contributed by atoms with E-state index in [0.717, 1.165) is 40.7 Å². The first-order valence-corrected chi connectivity index (χ1v) is 22.6. The highest BCUT2D eigenvalue weighted by Crippen LogP contribution is 2.43. The van der Waals surface area contributed by atoms with Crippen molar-refractivity contribution in [3.63, 3.8) is 0 Å². The number of sulfonamides is 1. The summed E-state index contributed by atoms with van der Waals surface area (Å²) < 4.78 is 56.4. The van der Waals surface area contributed by atoms with Crippen LogP contribution in [0.2, 0.25) is 0 Å². The van der Waals surface area contributed by atoms with Crippen LogP contribution in [-0.4, -0.2) is 83.9 Å². The first-order chi connectivity index (χ1) is 29.8.